The van der Waals surface area contributed by atoms with E-state index in [0.29, 0.717) is 5.92 Å². The molecule has 2 heteroatoms. The van der Waals surface area contributed by atoms with E-state index in [4.69, 9.17) is 0 Å². The van der Waals surface area contributed by atoms with Gasteiger partial charge in [-0.2, -0.15) is 0 Å². The molecule has 0 fully saturated rings. The summed E-state index contributed by atoms with van der Waals surface area (Å²) in [5.74, 6) is 0.0685. The van der Waals surface area contributed by atoms with E-state index in [1.807, 2.05) is 0 Å². The first-order valence-corrected chi connectivity index (χ1v) is 7.99. The number of fused-ring (bicyclic) bond motifs is 1. The molecule has 0 aliphatic heterocycles. The lowest BCUT2D eigenvalue weighted by molar-refractivity contribution is -0.119. The smallest absolute Gasteiger partial charge is 0.163 e. The molecular formula is C21H24O2. The fourth-order valence-corrected chi connectivity index (χ4v) is 2.96. The second-order valence-corrected chi connectivity index (χ2v) is 6.56. The Hall–Kier alpha value is -2.22. The summed E-state index contributed by atoms with van der Waals surface area (Å²) in [7, 11) is 0. The number of aryl methyl sites for hydroxylation is 2. The van der Waals surface area contributed by atoms with Gasteiger partial charge in [-0.15, -0.1) is 0 Å². The molecule has 23 heavy (non-hydrogen) atoms. The number of carbonyl (C=O) groups excluding carboxylic acids is 2. The van der Waals surface area contributed by atoms with Crippen LogP contribution in [0.25, 0.3) is 17.2 Å². The number of rotatable bonds is 4. The fourth-order valence-electron chi connectivity index (χ4n) is 2.96. The molecule has 0 unspecified atom stereocenters. The van der Waals surface area contributed by atoms with Crippen molar-refractivity contribution in [2.24, 2.45) is 0 Å². The minimum absolute atomic E-state index is 0.190. The van der Waals surface area contributed by atoms with Crippen LogP contribution in [0.4, 0.5) is 0 Å². The van der Waals surface area contributed by atoms with Crippen LogP contribution in [0, 0.1) is 13.8 Å². The first kappa shape index (κ1) is 17.1. The van der Waals surface area contributed by atoms with E-state index < -0.39 is 0 Å². The Bertz CT molecular complexity index is 763. The van der Waals surface area contributed by atoms with E-state index in [1.54, 1.807) is 6.08 Å². The van der Waals surface area contributed by atoms with Crippen molar-refractivity contribution in [2.45, 2.75) is 47.5 Å². The molecule has 2 rings (SSSR count). The second kappa shape index (κ2) is 6.49. The molecule has 120 valence electrons. The van der Waals surface area contributed by atoms with Gasteiger partial charge < -0.3 is 0 Å². The Morgan fingerprint density at radius 2 is 1.57 bits per heavy atom. The largest absolute Gasteiger partial charge is 0.294 e. The van der Waals surface area contributed by atoms with Crippen molar-refractivity contribution in [1.29, 1.82) is 0 Å². The summed E-state index contributed by atoms with van der Waals surface area (Å²) in [6, 6.07) is 8.56. The molecule has 2 nitrogen and oxygen atoms in total. The van der Waals surface area contributed by atoms with Gasteiger partial charge in [0.1, 0.15) is 0 Å². The van der Waals surface area contributed by atoms with Gasteiger partial charge in [-0.05, 0) is 73.1 Å². The fraction of sp³-hybridized carbons (Fsp3) is 0.333. The molecule has 0 saturated carbocycles. The van der Waals surface area contributed by atoms with Crippen LogP contribution in [0.5, 0.6) is 0 Å². The number of carbonyl (C=O) groups is 2. The van der Waals surface area contributed by atoms with Crippen LogP contribution in [0.2, 0.25) is 0 Å². The van der Waals surface area contributed by atoms with Gasteiger partial charge in [0.15, 0.2) is 11.6 Å². The topological polar surface area (TPSA) is 34.1 Å². The van der Waals surface area contributed by atoms with Gasteiger partial charge in [-0.3, -0.25) is 9.59 Å². The van der Waals surface area contributed by atoms with Gasteiger partial charge >= 0.3 is 0 Å². The molecule has 0 spiro atoms. The van der Waals surface area contributed by atoms with E-state index in [1.165, 1.54) is 30.5 Å². The summed E-state index contributed by atoms with van der Waals surface area (Å²) in [5, 5.41) is 0. The van der Waals surface area contributed by atoms with Crippen LogP contribution in [-0.2, 0) is 9.59 Å². The lowest BCUT2D eigenvalue weighted by atomic mass is 9.99. The maximum Gasteiger partial charge on any atom is 0.163 e. The molecule has 0 amide bonds. The van der Waals surface area contributed by atoms with Crippen LogP contribution in [0.15, 0.2) is 29.8 Å². The number of ketones is 2. The Morgan fingerprint density at radius 1 is 0.957 bits per heavy atom. The number of Topliss-reactive ketones (excluding diaryl/α,β-unsaturated/α-hetero) is 2. The quantitative estimate of drug-likeness (QED) is 0.448. The van der Waals surface area contributed by atoms with Crippen molar-refractivity contribution in [1.82, 2.24) is 0 Å². The van der Waals surface area contributed by atoms with Crippen molar-refractivity contribution < 1.29 is 9.59 Å². The number of hydrogen-bond donors (Lipinski definition) is 0. The number of hydrogen-bond acceptors (Lipinski definition) is 2. The molecule has 0 heterocycles. The zero-order valence-corrected chi connectivity index (χ0v) is 14.8. The minimum atomic E-state index is -0.190. The van der Waals surface area contributed by atoms with Crippen molar-refractivity contribution in [2.75, 3.05) is 0 Å². The molecule has 2 aliphatic rings. The first-order chi connectivity index (χ1) is 10.7. The molecule has 0 N–H and O–H groups in total. The summed E-state index contributed by atoms with van der Waals surface area (Å²) < 4.78 is 0. The van der Waals surface area contributed by atoms with Crippen molar-refractivity contribution in [3.8, 4) is 11.1 Å². The molecule has 0 aromatic rings. The van der Waals surface area contributed by atoms with E-state index >= 15 is 0 Å². The van der Waals surface area contributed by atoms with Gasteiger partial charge in [0, 0.05) is 0 Å². The predicted octanol–water partition coefficient (Wildman–Crippen LogP) is 5.09. The minimum Gasteiger partial charge on any atom is -0.294 e. The van der Waals surface area contributed by atoms with E-state index in [0.717, 1.165) is 16.7 Å². The highest BCUT2D eigenvalue weighted by Gasteiger charge is 2.17. The molecule has 0 aromatic heterocycles. The lowest BCUT2D eigenvalue weighted by Gasteiger charge is -2.05. The van der Waals surface area contributed by atoms with Crippen LogP contribution in [0.1, 0.15) is 55.9 Å². The Balaban J connectivity index is 2.74. The van der Waals surface area contributed by atoms with Gasteiger partial charge in [-0.1, -0.05) is 38.1 Å². The van der Waals surface area contributed by atoms with Gasteiger partial charge in [-0.25, -0.2) is 0 Å². The second-order valence-electron chi connectivity index (χ2n) is 6.56. The van der Waals surface area contributed by atoms with Crippen LogP contribution in [0.3, 0.4) is 0 Å². The molecular weight excluding hydrogens is 284 g/mol. The third kappa shape index (κ3) is 3.42. The Kier molecular flexibility index (Phi) is 4.84. The van der Waals surface area contributed by atoms with Crippen molar-refractivity contribution in [3.63, 3.8) is 0 Å². The summed E-state index contributed by atoms with van der Waals surface area (Å²) in [6.07, 6.45) is 1.74. The van der Waals surface area contributed by atoms with Crippen LogP contribution in [-0.4, -0.2) is 11.6 Å². The van der Waals surface area contributed by atoms with Crippen molar-refractivity contribution in [3.05, 3.63) is 52.1 Å². The maximum absolute atomic E-state index is 11.7. The highest BCUT2D eigenvalue weighted by Crippen LogP contribution is 2.37. The monoisotopic (exact) mass is 308 g/mol. The highest BCUT2D eigenvalue weighted by molar-refractivity contribution is 6.22. The molecule has 0 aromatic carbocycles. The van der Waals surface area contributed by atoms with E-state index in [9.17, 15) is 9.59 Å². The molecule has 0 bridgehead atoms. The van der Waals surface area contributed by atoms with Crippen LogP contribution >= 0.6 is 0 Å². The summed E-state index contributed by atoms with van der Waals surface area (Å²) in [5.41, 5.74) is 7.11. The summed E-state index contributed by atoms with van der Waals surface area (Å²) in [4.78, 5) is 23.5. The van der Waals surface area contributed by atoms with Crippen LogP contribution < -0.4 is 0 Å². The van der Waals surface area contributed by atoms with Gasteiger partial charge in [0.25, 0.3) is 0 Å². The summed E-state index contributed by atoms with van der Waals surface area (Å²) >= 11 is 0. The molecule has 2 aliphatic carbocycles. The average molecular weight is 308 g/mol. The summed E-state index contributed by atoms with van der Waals surface area (Å²) in [6.45, 7) is 11.4. The van der Waals surface area contributed by atoms with E-state index in [-0.39, 0.29) is 17.1 Å². The predicted molar refractivity (Wildman–Crippen MR) is 96.0 cm³/mol. The molecule has 0 atom stereocenters. The van der Waals surface area contributed by atoms with E-state index in [2.05, 4.69) is 52.0 Å². The third-order valence-electron chi connectivity index (χ3n) is 4.31. The zero-order valence-electron chi connectivity index (χ0n) is 14.8. The standard InChI is InChI=1S/C21H24O2/c1-12(2)17-8-7-13(3)21-18(9-14(4)19(21)10-17)11-20(15(5)22)16(6)23/h7-12H,1-6H3. The highest BCUT2D eigenvalue weighted by atomic mass is 16.1. The number of allylic oxidation sites excluding steroid dienone is 1. The molecule has 0 radical (unpaired) electrons. The SMILES string of the molecule is CC(=O)C(=Cc1cc(C)c2cc(C(C)C)ccc(C)c1-2)C(C)=O. The maximum atomic E-state index is 11.7. The third-order valence-corrected chi connectivity index (χ3v) is 4.31. The first-order valence-electron chi connectivity index (χ1n) is 7.99. The zero-order chi connectivity index (χ0) is 17.3. The molecule has 0 saturated heterocycles. The Morgan fingerprint density at radius 3 is 2.09 bits per heavy atom. The lowest BCUT2D eigenvalue weighted by Crippen LogP contribution is -2.05. The van der Waals surface area contributed by atoms with Crippen molar-refractivity contribution >= 4 is 17.6 Å². The van der Waals surface area contributed by atoms with Gasteiger partial charge in [0.05, 0.1) is 5.57 Å². The normalized spacial score (nSPS) is 10.9. The van der Waals surface area contributed by atoms with Gasteiger partial charge in [0.2, 0.25) is 0 Å². The average Bonchev–Trinajstić information content (AvgIpc) is 2.63. The Labute approximate surface area is 138 Å².